The molecule has 0 saturated carbocycles. The molecule has 0 spiro atoms. The second kappa shape index (κ2) is 7.21. The van der Waals surface area contributed by atoms with Crippen LogP contribution in [0.3, 0.4) is 0 Å². The number of hydrogen-bond donors (Lipinski definition) is 2. The third kappa shape index (κ3) is 4.35. The highest BCUT2D eigenvalue weighted by Gasteiger charge is 2.09. The number of halogens is 4. The number of rotatable bonds is 4. The van der Waals surface area contributed by atoms with Crippen LogP contribution in [0, 0.1) is 18.6 Å². The molecule has 0 fully saturated rings. The first-order valence-electron chi connectivity index (χ1n) is 7.20. The van der Waals surface area contributed by atoms with Crippen LogP contribution in [0.4, 0.5) is 31.9 Å². The number of hydrogen-bond acceptors (Lipinski definition) is 4. The highest BCUT2D eigenvalue weighted by molar-refractivity contribution is 6.36. The lowest BCUT2D eigenvalue weighted by atomic mass is 10.3. The molecule has 0 radical (unpaired) electrons. The fraction of sp³-hybridized carbons (Fsp3) is 0.0588. The molecule has 0 saturated heterocycles. The van der Waals surface area contributed by atoms with E-state index in [2.05, 4.69) is 20.6 Å². The highest BCUT2D eigenvalue weighted by atomic mass is 35.5. The van der Waals surface area contributed by atoms with E-state index in [1.54, 1.807) is 31.2 Å². The van der Waals surface area contributed by atoms with E-state index in [9.17, 15) is 8.78 Å². The number of aromatic nitrogens is 2. The average Bonchev–Trinajstić information content (AvgIpc) is 2.52. The molecule has 128 valence electrons. The van der Waals surface area contributed by atoms with Crippen LogP contribution in [0.5, 0.6) is 0 Å². The summed E-state index contributed by atoms with van der Waals surface area (Å²) in [6, 6.07) is 9.92. The Balaban J connectivity index is 1.87. The lowest BCUT2D eigenvalue weighted by Crippen LogP contribution is -2.03. The van der Waals surface area contributed by atoms with E-state index in [1.807, 2.05) is 0 Å². The van der Waals surface area contributed by atoms with Gasteiger partial charge in [-0.05, 0) is 37.3 Å². The Hall–Kier alpha value is -2.44. The summed E-state index contributed by atoms with van der Waals surface area (Å²) < 4.78 is 26.8. The van der Waals surface area contributed by atoms with Crippen molar-refractivity contribution in [1.29, 1.82) is 0 Å². The first-order valence-corrected chi connectivity index (χ1v) is 7.96. The maximum atomic E-state index is 13.8. The second-order valence-electron chi connectivity index (χ2n) is 5.22. The summed E-state index contributed by atoms with van der Waals surface area (Å²) in [6.45, 7) is 1.77. The van der Waals surface area contributed by atoms with Gasteiger partial charge in [0.05, 0.1) is 16.4 Å². The Bertz CT molecular complexity index is 863. The Morgan fingerprint density at radius 3 is 2.36 bits per heavy atom. The molecule has 0 atom stereocenters. The zero-order chi connectivity index (χ0) is 18.0. The van der Waals surface area contributed by atoms with E-state index in [1.165, 1.54) is 6.07 Å². The average molecular weight is 381 g/mol. The zero-order valence-electron chi connectivity index (χ0n) is 12.9. The van der Waals surface area contributed by atoms with Gasteiger partial charge in [-0.2, -0.15) is 4.98 Å². The number of aryl methyl sites for hydroxylation is 1. The molecule has 1 heterocycles. The van der Waals surface area contributed by atoms with Crippen molar-refractivity contribution in [2.24, 2.45) is 0 Å². The van der Waals surface area contributed by atoms with Gasteiger partial charge in [-0.25, -0.2) is 13.8 Å². The summed E-state index contributed by atoms with van der Waals surface area (Å²) in [5, 5.41) is 6.74. The van der Waals surface area contributed by atoms with Crippen molar-refractivity contribution in [2.45, 2.75) is 6.92 Å². The fourth-order valence-electron chi connectivity index (χ4n) is 2.13. The third-order valence-corrected chi connectivity index (χ3v) is 3.77. The molecule has 1 aromatic heterocycles. The number of nitrogens with one attached hydrogen (secondary N) is 2. The van der Waals surface area contributed by atoms with Gasteiger partial charge in [0.15, 0.2) is 0 Å². The Morgan fingerprint density at radius 1 is 0.880 bits per heavy atom. The topological polar surface area (TPSA) is 49.8 Å². The van der Waals surface area contributed by atoms with Crippen molar-refractivity contribution in [1.82, 2.24) is 9.97 Å². The highest BCUT2D eigenvalue weighted by Crippen LogP contribution is 2.28. The normalized spacial score (nSPS) is 10.6. The molecular weight excluding hydrogens is 369 g/mol. The van der Waals surface area contributed by atoms with Crippen molar-refractivity contribution in [2.75, 3.05) is 10.6 Å². The SMILES string of the molecule is Cc1cc(Nc2ccc(Cl)cc2Cl)nc(Nc2ccc(F)cc2F)n1. The third-order valence-electron chi connectivity index (χ3n) is 3.23. The lowest BCUT2D eigenvalue weighted by Gasteiger charge is -2.11. The standard InChI is InChI=1S/C17H12Cl2F2N4/c1-9-6-16(23-14-4-2-10(18)7-12(14)19)25-17(22-9)24-15-5-3-11(20)8-13(15)21/h2-8H,1H3,(H2,22,23,24,25). The van der Waals surface area contributed by atoms with Crippen LogP contribution < -0.4 is 10.6 Å². The van der Waals surface area contributed by atoms with Gasteiger partial charge in [-0.1, -0.05) is 23.2 Å². The molecule has 25 heavy (non-hydrogen) atoms. The van der Waals surface area contributed by atoms with Crippen molar-refractivity contribution >= 4 is 46.3 Å². The van der Waals surface area contributed by atoms with Gasteiger partial charge in [0.25, 0.3) is 0 Å². The largest absolute Gasteiger partial charge is 0.339 e. The summed E-state index contributed by atoms with van der Waals surface area (Å²) >= 11 is 12.0. The van der Waals surface area contributed by atoms with Crippen molar-refractivity contribution in [3.8, 4) is 0 Å². The van der Waals surface area contributed by atoms with E-state index in [0.717, 1.165) is 12.1 Å². The van der Waals surface area contributed by atoms with Gasteiger partial charge in [0, 0.05) is 22.8 Å². The number of anilines is 4. The second-order valence-corrected chi connectivity index (χ2v) is 6.06. The molecule has 3 aromatic rings. The molecule has 0 unspecified atom stereocenters. The van der Waals surface area contributed by atoms with Gasteiger partial charge >= 0.3 is 0 Å². The summed E-state index contributed by atoms with van der Waals surface area (Å²) in [4.78, 5) is 8.46. The molecular formula is C17H12Cl2F2N4. The molecule has 0 aliphatic rings. The summed E-state index contributed by atoms with van der Waals surface area (Å²) in [5.74, 6) is -0.770. The molecule has 0 aliphatic heterocycles. The van der Waals surface area contributed by atoms with Crippen LogP contribution in [0.2, 0.25) is 10.0 Å². The van der Waals surface area contributed by atoms with Crippen molar-refractivity contribution in [3.05, 3.63) is 69.8 Å². The van der Waals surface area contributed by atoms with E-state index in [-0.39, 0.29) is 11.6 Å². The zero-order valence-corrected chi connectivity index (χ0v) is 14.5. The molecule has 2 aromatic carbocycles. The predicted octanol–water partition coefficient (Wildman–Crippen LogP) is 5.86. The molecule has 0 amide bonds. The first-order chi connectivity index (χ1) is 11.9. The number of benzene rings is 2. The Kier molecular flexibility index (Phi) is 5.01. The molecule has 8 heteroatoms. The fourth-order valence-corrected chi connectivity index (χ4v) is 2.58. The van der Waals surface area contributed by atoms with Gasteiger partial charge in [-0.15, -0.1) is 0 Å². The molecule has 0 bridgehead atoms. The minimum Gasteiger partial charge on any atom is -0.339 e. The van der Waals surface area contributed by atoms with E-state index in [0.29, 0.717) is 27.2 Å². The monoisotopic (exact) mass is 380 g/mol. The van der Waals surface area contributed by atoms with Crippen molar-refractivity contribution in [3.63, 3.8) is 0 Å². The van der Waals surface area contributed by atoms with Crippen LogP contribution in [-0.4, -0.2) is 9.97 Å². The van der Waals surface area contributed by atoms with Crippen LogP contribution >= 0.6 is 23.2 Å². The molecule has 0 aliphatic carbocycles. The molecule has 3 rings (SSSR count). The van der Waals surface area contributed by atoms with Crippen LogP contribution in [0.25, 0.3) is 0 Å². The van der Waals surface area contributed by atoms with E-state index < -0.39 is 11.6 Å². The predicted molar refractivity (Wildman–Crippen MR) is 96.2 cm³/mol. The van der Waals surface area contributed by atoms with Crippen LogP contribution in [0.15, 0.2) is 42.5 Å². The smallest absolute Gasteiger partial charge is 0.229 e. The Morgan fingerprint density at radius 2 is 1.64 bits per heavy atom. The molecule has 2 N–H and O–H groups in total. The minimum atomic E-state index is -0.736. The summed E-state index contributed by atoms with van der Waals surface area (Å²) in [5.41, 5.74) is 1.33. The molecule has 4 nitrogen and oxygen atoms in total. The minimum absolute atomic E-state index is 0.0717. The van der Waals surface area contributed by atoms with Crippen LogP contribution in [0.1, 0.15) is 5.69 Å². The number of nitrogens with zero attached hydrogens (tertiary/aromatic N) is 2. The van der Waals surface area contributed by atoms with E-state index >= 15 is 0 Å². The van der Waals surface area contributed by atoms with Gasteiger partial charge < -0.3 is 10.6 Å². The Labute approximate surface area is 152 Å². The van der Waals surface area contributed by atoms with Crippen LogP contribution in [-0.2, 0) is 0 Å². The quantitative estimate of drug-likeness (QED) is 0.595. The lowest BCUT2D eigenvalue weighted by molar-refractivity contribution is 0.586. The van der Waals surface area contributed by atoms with Gasteiger partial charge in [-0.3, -0.25) is 0 Å². The van der Waals surface area contributed by atoms with E-state index in [4.69, 9.17) is 23.2 Å². The summed E-state index contributed by atoms with van der Waals surface area (Å²) in [7, 11) is 0. The van der Waals surface area contributed by atoms with Gasteiger partial charge in [0.1, 0.15) is 17.5 Å². The maximum absolute atomic E-state index is 13.8. The summed E-state index contributed by atoms with van der Waals surface area (Å²) in [6.07, 6.45) is 0. The van der Waals surface area contributed by atoms with Gasteiger partial charge in [0.2, 0.25) is 5.95 Å². The maximum Gasteiger partial charge on any atom is 0.229 e. The van der Waals surface area contributed by atoms with Crippen molar-refractivity contribution < 1.29 is 8.78 Å². The first kappa shape index (κ1) is 17.4.